The second kappa shape index (κ2) is 4.81. The first kappa shape index (κ1) is 13.5. The molecule has 0 spiro atoms. The van der Waals surface area contributed by atoms with Gasteiger partial charge in [0, 0.05) is 6.07 Å². The van der Waals surface area contributed by atoms with Crippen molar-refractivity contribution < 1.29 is 24.0 Å². The number of hydrogen-bond acceptors (Lipinski definition) is 6. The molecule has 9 heteroatoms. The summed E-state index contributed by atoms with van der Waals surface area (Å²) in [5.74, 6) is -3.38. The van der Waals surface area contributed by atoms with Gasteiger partial charge in [-0.2, -0.15) is 5.10 Å². The maximum Gasteiger partial charge on any atom is 0.381 e. The van der Waals surface area contributed by atoms with E-state index in [1.807, 2.05) is 0 Å². The Hall–Kier alpha value is -3.49. The van der Waals surface area contributed by atoms with E-state index in [-0.39, 0.29) is 22.5 Å². The van der Waals surface area contributed by atoms with Gasteiger partial charge in [0.2, 0.25) is 0 Å². The summed E-state index contributed by atoms with van der Waals surface area (Å²) in [6, 6.07) is 7.13. The molecule has 9 nitrogen and oxygen atoms in total. The molecule has 0 saturated heterocycles. The zero-order valence-corrected chi connectivity index (χ0v) is 10.9. The minimum atomic E-state index is -1.05. The Morgan fingerprint density at radius 1 is 1.14 bits per heavy atom. The number of rotatable bonds is 3. The van der Waals surface area contributed by atoms with Crippen LogP contribution in [0.5, 0.6) is 0 Å². The number of fused-ring (bicyclic) bond motifs is 1. The number of H-pyrrole nitrogens is 1. The number of carbonyl (C=O) groups is 4. The van der Waals surface area contributed by atoms with Gasteiger partial charge >= 0.3 is 5.97 Å². The molecular formula is C13H8N4O5. The number of nitrogens with one attached hydrogen (secondary N) is 1. The fraction of sp³-hybridized carbons (Fsp3) is 0. The van der Waals surface area contributed by atoms with Gasteiger partial charge in [-0.25, -0.2) is 4.79 Å². The molecule has 3 rings (SSSR count). The van der Waals surface area contributed by atoms with Gasteiger partial charge in [0.15, 0.2) is 5.69 Å². The molecule has 0 saturated carbocycles. The molecule has 110 valence electrons. The number of nitrogens with zero attached hydrogens (tertiary/aromatic N) is 2. The van der Waals surface area contributed by atoms with Crippen LogP contribution in [-0.2, 0) is 4.84 Å². The number of aromatic nitrogens is 2. The van der Waals surface area contributed by atoms with Crippen LogP contribution in [0, 0.1) is 0 Å². The van der Waals surface area contributed by atoms with E-state index >= 15 is 0 Å². The summed E-state index contributed by atoms with van der Waals surface area (Å²) in [7, 11) is 0. The van der Waals surface area contributed by atoms with Crippen molar-refractivity contribution in [3.63, 3.8) is 0 Å². The number of hydroxylamine groups is 2. The van der Waals surface area contributed by atoms with Crippen molar-refractivity contribution in [1.29, 1.82) is 0 Å². The van der Waals surface area contributed by atoms with Gasteiger partial charge in [0.1, 0.15) is 5.69 Å². The number of imide groups is 1. The van der Waals surface area contributed by atoms with E-state index in [2.05, 4.69) is 10.2 Å². The number of carbonyl (C=O) groups excluding carboxylic acids is 4. The summed E-state index contributed by atoms with van der Waals surface area (Å²) < 4.78 is 0. The summed E-state index contributed by atoms with van der Waals surface area (Å²) >= 11 is 0. The molecule has 3 amide bonds. The molecule has 0 radical (unpaired) electrons. The normalized spacial score (nSPS) is 13.2. The van der Waals surface area contributed by atoms with Gasteiger partial charge in [-0.05, 0) is 12.1 Å². The van der Waals surface area contributed by atoms with E-state index in [4.69, 9.17) is 10.6 Å². The molecule has 0 atom stereocenters. The van der Waals surface area contributed by atoms with E-state index in [1.54, 1.807) is 12.1 Å². The number of nitrogens with two attached hydrogens (primary N) is 1. The highest BCUT2D eigenvalue weighted by atomic mass is 16.7. The number of primary amides is 1. The average Bonchev–Trinajstić information content (AvgIpc) is 3.08. The molecule has 2 aromatic rings. The highest BCUT2D eigenvalue weighted by Crippen LogP contribution is 2.23. The number of benzene rings is 1. The standard InChI is InChI=1S/C13H8N4O5/c14-10(18)8-5-9(16-15-8)13(21)22-17-11(19)6-3-1-2-4-7(6)12(17)20/h1-5H,(H2,14,18)(H,15,16). The van der Waals surface area contributed by atoms with Crippen molar-refractivity contribution in [2.24, 2.45) is 5.73 Å². The molecule has 2 heterocycles. The third kappa shape index (κ3) is 2.00. The highest BCUT2D eigenvalue weighted by Gasteiger charge is 2.39. The molecule has 1 aromatic heterocycles. The van der Waals surface area contributed by atoms with Crippen LogP contribution >= 0.6 is 0 Å². The molecule has 22 heavy (non-hydrogen) atoms. The summed E-state index contributed by atoms with van der Waals surface area (Å²) in [5, 5.41) is 6.10. The maximum atomic E-state index is 12.0. The largest absolute Gasteiger partial charge is 0.381 e. The molecule has 0 unspecified atom stereocenters. The second-order valence-corrected chi connectivity index (χ2v) is 4.36. The van der Waals surface area contributed by atoms with Crippen LogP contribution < -0.4 is 5.73 Å². The van der Waals surface area contributed by atoms with E-state index in [1.165, 1.54) is 12.1 Å². The van der Waals surface area contributed by atoms with Crippen LogP contribution in [0.25, 0.3) is 0 Å². The molecule has 0 fully saturated rings. The smallest absolute Gasteiger partial charge is 0.364 e. The first-order valence-electron chi connectivity index (χ1n) is 6.04. The van der Waals surface area contributed by atoms with Gasteiger partial charge < -0.3 is 10.6 Å². The first-order chi connectivity index (χ1) is 10.5. The number of hydrogen-bond donors (Lipinski definition) is 2. The Balaban J connectivity index is 1.82. The number of amides is 3. The summed E-state index contributed by atoms with van der Waals surface area (Å²) in [4.78, 5) is 51.6. The second-order valence-electron chi connectivity index (χ2n) is 4.36. The van der Waals surface area contributed by atoms with Crippen LogP contribution in [0.4, 0.5) is 0 Å². The molecule has 0 aliphatic carbocycles. The van der Waals surface area contributed by atoms with Crippen molar-refractivity contribution >= 4 is 23.7 Å². The van der Waals surface area contributed by atoms with Crippen LogP contribution in [0.15, 0.2) is 30.3 Å². The van der Waals surface area contributed by atoms with E-state index in [0.29, 0.717) is 5.06 Å². The monoisotopic (exact) mass is 300 g/mol. The molecule has 1 aliphatic heterocycles. The van der Waals surface area contributed by atoms with Crippen molar-refractivity contribution in [2.75, 3.05) is 0 Å². The predicted octanol–water partition coefficient (Wildman–Crippen LogP) is -0.123. The molecule has 3 N–H and O–H groups in total. The van der Waals surface area contributed by atoms with Gasteiger partial charge in [-0.3, -0.25) is 19.5 Å². The van der Waals surface area contributed by atoms with Crippen molar-refractivity contribution in [3.8, 4) is 0 Å². The molecular weight excluding hydrogens is 292 g/mol. The number of aromatic amines is 1. The van der Waals surface area contributed by atoms with Crippen LogP contribution in [0.2, 0.25) is 0 Å². The van der Waals surface area contributed by atoms with Crippen molar-refractivity contribution in [3.05, 3.63) is 52.8 Å². The maximum absolute atomic E-state index is 12.0. The predicted molar refractivity (Wildman–Crippen MR) is 69.5 cm³/mol. The molecule has 1 aliphatic rings. The zero-order chi connectivity index (χ0) is 15.9. The van der Waals surface area contributed by atoms with Gasteiger partial charge in [-0.1, -0.05) is 17.2 Å². The highest BCUT2D eigenvalue weighted by molar-refractivity contribution is 6.21. The summed E-state index contributed by atoms with van der Waals surface area (Å²) in [5.41, 5.74) is 4.89. The Labute approximate surface area is 122 Å². The van der Waals surface area contributed by atoms with Crippen LogP contribution in [0.3, 0.4) is 0 Å². The lowest BCUT2D eigenvalue weighted by molar-refractivity contribution is -0.0588. The topological polar surface area (TPSA) is 135 Å². The first-order valence-corrected chi connectivity index (χ1v) is 6.04. The van der Waals surface area contributed by atoms with E-state index in [9.17, 15) is 19.2 Å². The van der Waals surface area contributed by atoms with Crippen LogP contribution in [0.1, 0.15) is 41.7 Å². The van der Waals surface area contributed by atoms with Gasteiger partial charge in [-0.15, -0.1) is 0 Å². The summed E-state index contributed by atoms with van der Waals surface area (Å²) in [6.07, 6.45) is 0. The fourth-order valence-electron chi connectivity index (χ4n) is 1.93. The minimum absolute atomic E-state index is 0.141. The fourth-order valence-corrected chi connectivity index (χ4v) is 1.93. The van der Waals surface area contributed by atoms with Gasteiger partial charge in [0.25, 0.3) is 17.7 Å². The average molecular weight is 300 g/mol. The Kier molecular flexibility index (Phi) is 2.95. The minimum Gasteiger partial charge on any atom is -0.364 e. The molecule has 1 aromatic carbocycles. The quantitative estimate of drug-likeness (QED) is 0.758. The third-order valence-electron chi connectivity index (χ3n) is 2.98. The lowest BCUT2D eigenvalue weighted by Crippen LogP contribution is -2.32. The Morgan fingerprint density at radius 2 is 1.73 bits per heavy atom. The lowest BCUT2D eigenvalue weighted by Gasteiger charge is -2.11. The van der Waals surface area contributed by atoms with Crippen molar-refractivity contribution in [2.45, 2.75) is 0 Å². The zero-order valence-electron chi connectivity index (χ0n) is 10.9. The third-order valence-corrected chi connectivity index (χ3v) is 2.98. The van der Waals surface area contributed by atoms with Crippen molar-refractivity contribution in [1.82, 2.24) is 15.3 Å². The van der Waals surface area contributed by atoms with Gasteiger partial charge in [0.05, 0.1) is 11.1 Å². The molecule has 0 bridgehead atoms. The van der Waals surface area contributed by atoms with E-state index < -0.39 is 23.7 Å². The Morgan fingerprint density at radius 3 is 2.23 bits per heavy atom. The SMILES string of the molecule is NC(=O)c1cc(C(=O)ON2C(=O)c3ccccc3C2=O)[nH]n1. The van der Waals surface area contributed by atoms with E-state index in [0.717, 1.165) is 6.07 Å². The Bertz CT molecular complexity index is 790. The lowest BCUT2D eigenvalue weighted by atomic mass is 10.1. The summed E-state index contributed by atoms with van der Waals surface area (Å²) in [6.45, 7) is 0. The van der Waals surface area contributed by atoms with Crippen LogP contribution in [-0.4, -0.2) is 39.0 Å².